The molecule has 2 rings (SSSR count). The second-order valence-corrected chi connectivity index (χ2v) is 5.31. The summed E-state index contributed by atoms with van der Waals surface area (Å²) < 4.78 is 0. The van der Waals surface area contributed by atoms with Gasteiger partial charge in [0.15, 0.2) is 0 Å². The van der Waals surface area contributed by atoms with Gasteiger partial charge < -0.3 is 10.4 Å². The molecule has 0 saturated carbocycles. The van der Waals surface area contributed by atoms with Crippen molar-refractivity contribution in [3.05, 3.63) is 70.8 Å². The molecule has 0 aliphatic carbocycles. The van der Waals surface area contributed by atoms with E-state index in [2.05, 4.69) is 12.2 Å². The number of carbonyl (C=O) groups excluding carboxylic acids is 1. The van der Waals surface area contributed by atoms with E-state index in [9.17, 15) is 9.90 Å². The van der Waals surface area contributed by atoms with Crippen molar-refractivity contribution in [3.63, 3.8) is 0 Å². The van der Waals surface area contributed by atoms with Crippen LogP contribution < -0.4 is 5.32 Å². The van der Waals surface area contributed by atoms with Gasteiger partial charge >= 0.3 is 0 Å². The fourth-order valence-corrected chi connectivity index (χ4v) is 2.26. The van der Waals surface area contributed by atoms with Gasteiger partial charge in [-0.2, -0.15) is 0 Å². The highest BCUT2D eigenvalue weighted by atomic mass is 16.3. The van der Waals surface area contributed by atoms with Crippen LogP contribution in [0, 0.1) is 13.8 Å². The van der Waals surface area contributed by atoms with Gasteiger partial charge in [0, 0.05) is 0 Å². The molecule has 21 heavy (non-hydrogen) atoms. The molecule has 0 bridgehead atoms. The third kappa shape index (κ3) is 4.17. The number of aliphatic hydroxyl groups is 1. The minimum absolute atomic E-state index is 0.0823. The molecule has 0 aromatic heterocycles. The molecular formula is C18H21NO2. The van der Waals surface area contributed by atoms with E-state index in [4.69, 9.17) is 0 Å². The SMILES string of the molecule is Cc1ccc(CC(=O)NC(CO)c2ccccc2)cc1C. The van der Waals surface area contributed by atoms with Crippen LogP contribution in [0.2, 0.25) is 0 Å². The lowest BCUT2D eigenvalue weighted by atomic mass is 10.0. The molecule has 3 heteroatoms. The molecule has 0 saturated heterocycles. The highest BCUT2D eigenvalue weighted by molar-refractivity contribution is 5.79. The molecule has 2 aromatic rings. The summed E-state index contributed by atoms with van der Waals surface area (Å²) >= 11 is 0. The van der Waals surface area contributed by atoms with Crippen LogP contribution in [0.15, 0.2) is 48.5 Å². The third-order valence-electron chi connectivity index (χ3n) is 3.66. The fraction of sp³-hybridized carbons (Fsp3) is 0.278. The second kappa shape index (κ2) is 7.04. The van der Waals surface area contributed by atoms with E-state index in [0.717, 1.165) is 11.1 Å². The van der Waals surface area contributed by atoms with Crippen molar-refractivity contribution < 1.29 is 9.90 Å². The summed E-state index contributed by atoms with van der Waals surface area (Å²) in [7, 11) is 0. The van der Waals surface area contributed by atoms with Gasteiger partial charge in [0.2, 0.25) is 5.91 Å². The summed E-state index contributed by atoms with van der Waals surface area (Å²) in [6.45, 7) is 3.98. The number of rotatable bonds is 5. The van der Waals surface area contributed by atoms with E-state index in [1.165, 1.54) is 11.1 Å². The first-order valence-electron chi connectivity index (χ1n) is 7.11. The molecule has 3 nitrogen and oxygen atoms in total. The highest BCUT2D eigenvalue weighted by Gasteiger charge is 2.13. The lowest BCUT2D eigenvalue weighted by Gasteiger charge is -2.17. The van der Waals surface area contributed by atoms with Crippen LogP contribution in [0.3, 0.4) is 0 Å². The average molecular weight is 283 g/mol. The Balaban J connectivity index is 2.01. The molecule has 0 aliphatic rings. The van der Waals surface area contributed by atoms with Crippen molar-refractivity contribution in [1.29, 1.82) is 0 Å². The number of aliphatic hydroxyl groups excluding tert-OH is 1. The molecule has 1 amide bonds. The van der Waals surface area contributed by atoms with E-state index in [0.29, 0.717) is 6.42 Å². The van der Waals surface area contributed by atoms with Gasteiger partial charge in [-0.1, -0.05) is 48.5 Å². The maximum atomic E-state index is 12.1. The van der Waals surface area contributed by atoms with E-state index in [-0.39, 0.29) is 18.6 Å². The number of aryl methyl sites for hydroxylation is 2. The predicted molar refractivity (Wildman–Crippen MR) is 84.0 cm³/mol. The number of benzene rings is 2. The Morgan fingerprint density at radius 3 is 2.43 bits per heavy atom. The maximum absolute atomic E-state index is 12.1. The minimum atomic E-state index is -0.356. The van der Waals surface area contributed by atoms with Crippen LogP contribution in [0.1, 0.15) is 28.3 Å². The Labute approximate surface area is 125 Å². The van der Waals surface area contributed by atoms with Crippen molar-refractivity contribution in [3.8, 4) is 0 Å². The summed E-state index contributed by atoms with van der Waals surface area (Å²) in [6.07, 6.45) is 0.324. The molecule has 0 spiro atoms. The number of amides is 1. The van der Waals surface area contributed by atoms with Gasteiger partial charge in [-0.05, 0) is 36.1 Å². The van der Waals surface area contributed by atoms with Gasteiger partial charge in [0.25, 0.3) is 0 Å². The van der Waals surface area contributed by atoms with Gasteiger partial charge in [-0.15, -0.1) is 0 Å². The maximum Gasteiger partial charge on any atom is 0.224 e. The first-order valence-corrected chi connectivity index (χ1v) is 7.11. The van der Waals surface area contributed by atoms with Crippen LogP contribution in [0.4, 0.5) is 0 Å². The van der Waals surface area contributed by atoms with Crippen LogP contribution in [-0.4, -0.2) is 17.6 Å². The van der Waals surface area contributed by atoms with Gasteiger partial charge in [0.05, 0.1) is 19.1 Å². The summed E-state index contributed by atoms with van der Waals surface area (Å²) in [4.78, 5) is 12.1. The van der Waals surface area contributed by atoms with Crippen molar-refractivity contribution in [2.24, 2.45) is 0 Å². The van der Waals surface area contributed by atoms with Crippen molar-refractivity contribution >= 4 is 5.91 Å². The quantitative estimate of drug-likeness (QED) is 0.886. The predicted octanol–water partition coefficient (Wildman–Crippen LogP) is 2.70. The molecule has 0 aliphatic heterocycles. The number of hydrogen-bond acceptors (Lipinski definition) is 2. The zero-order valence-corrected chi connectivity index (χ0v) is 12.5. The van der Waals surface area contributed by atoms with Crippen LogP contribution >= 0.6 is 0 Å². The number of nitrogens with one attached hydrogen (secondary N) is 1. The Morgan fingerprint density at radius 1 is 1.10 bits per heavy atom. The van der Waals surface area contributed by atoms with Crippen LogP contribution in [0.5, 0.6) is 0 Å². The largest absolute Gasteiger partial charge is 0.394 e. The Morgan fingerprint density at radius 2 is 1.81 bits per heavy atom. The second-order valence-electron chi connectivity index (χ2n) is 5.31. The van der Waals surface area contributed by atoms with Crippen LogP contribution in [-0.2, 0) is 11.2 Å². The van der Waals surface area contributed by atoms with Crippen molar-refractivity contribution in [2.75, 3.05) is 6.61 Å². The van der Waals surface area contributed by atoms with E-state index in [1.807, 2.05) is 55.5 Å². The lowest BCUT2D eigenvalue weighted by molar-refractivity contribution is -0.121. The van der Waals surface area contributed by atoms with Gasteiger partial charge in [-0.25, -0.2) is 0 Å². The molecule has 1 unspecified atom stereocenters. The topological polar surface area (TPSA) is 49.3 Å². The zero-order chi connectivity index (χ0) is 15.2. The molecule has 110 valence electrons. The highest BCUT2D eigenvalue weighted by Crippen LogP contribution is 2.13. The first-order chi connectivity index (χ1) is 10.1. The molecule has 1 atom stereocenters. The summed E-state index contributed by atoms with van der Waals surface area (Å²) in [5, 5.41) is 12.3. The fourth-order valence-electron chi connectivity index (χ4n) is 2.26. The standard InChI is InChI=1S/C18H21NO2/c1-13-8-9-15(10-14(13)2)11-18(21)19-17(12-20)16-6-4-3-5-7-16/h3-10,17,20H,11-12H2,1-2H3,(H,19,21). The summed E-state index contributed by atoms with van der Waals surface area (Å²) in [6, 6.07) is 15.2. The molecule has 0 radical (unpaired) electrons. The van der Waals surface area contributed by atoms with E-state index < -0.39 is 0 Å². The van der Waals surface area contributed by atoms with Gasteiger partial charge in [-0.3, -0.25) is 4.79 Å². The van der Waals surface area contributed by atoms with E-state index >= 15 is 0 Å². The minimum Gasteiger partial charge on any atom is -0.394 e. The van der Waals surface area contributed by atoms with E-state index in [1.54, 1.807) is 0 Å². The zero-order valence-electron chi connectivity index (χ0n) is 12.5. The van der Waals surface area contributed by atoms with Gasteiger partial charge in [0.1, 0.15) is 0 Å². The van der Waals surface area contributed by atoms with Crippen LogP contribution in [0.25, 0.3) is 0 Å². The first kappa shape index (κ1) is 15.3. The monoisotopic (exact) mass is 283 g/mol. The Kier molecular flexibility index (Phi) is 5.12. The Bertz CT molecular complexity index is 608. The molecule has 2 N–H and O–H groups in total. The summed E-state index contributed by atoms with van der Waals surface area (Å²) in [5.74, 6) is -0.0823. The van der Waals surface area contributed by atoms with Crippen molar-refractivity contribution in [2.45, 2.75) is 26.3 Å². The number of hydrogen-bond donors (Lipinski definition) is 2. The number of carbonyl (C=O) groups is 1. The molecular weight excluding hydrogens is 262 g/mol. The third-order valence-corrected chi connectivity index (χ3v) is 3.66. The Hall–Kier alpha value is -2.13. The summed E-state index contributed by atoms with van der Waals surface area (Å²) in [5.41, 5.74) is 4.30. The normalized spacial score (nSPS) is 12.0. The molecule has 0 heterocycles. The van der Waals surface area contributed by atoms with Crippen molar-refractivity contribution in [1.82, 2.24) is 5.32 Å². The smallest absolute Gasteiger partial charge is 0.224 e. The average Bonchev–Trinajstić information content (AvgIpc) is 2.49. The molecule has 2 aromatic carbocycles. The lowest BCUT2D eigenvalue weighted by Crippen LogP contribution is -2.31. The molecule has 0 fully saturated rings.